The van der Waals surface area contributed by atoms with Crippen LogP contribution >= 0.6 is 0 Å². The smallest absolute Gasteiger partial charge is 0.0505 e. The summed E-state index contributed by atoms with van der Waals surface area (Å²) in [6.45, 7) is 10.4. The van der Waals surface area contributed by atoms with Crippen LogP contribution in [0.3, 0.4) is 0 Å². The van der Waals surface area contributed by atoms with Crippen LogP contribution in [0.25, 0.3) is 0 Å². The zero-order chi connectivity index (χ0) is 11.3. The van der Waals surface area contributed by atoms with Gasteiger partial charge in [-0.25, -0.2) is 0 Å². The van der Waals surface area contributed by atoms with Gasteiger partial charge in [0.2, 0.25) is 0 Å². The molecule has 0 saturated heterocycles. The maximum Gasteiger partial charge on any atom is 0.0505 e. The topological polar surface area (TPSA) is 20.2 Å². The van der Waals surface area contributed by atoms with Crippen LogP contribution in [0.15, 0.2) is 24.8 Å². The minimum atomic E-state index is 0.213. The SMILES string of the molecule is C=CC[C@]1(CCCCCC)C(=C)[C@@H]1CO. The van der Waals surface area contributed by atoms with E-state index in [1.165, 1.54) is 37.7 Å². The summed E-state index contributed by atoms with van der Waals surface area (Å²) in [6.07, 6.45) is 9.31. The molecule has 86 valence electrons. The quantitative estimate of drug-likeness (QED) is 0.476. The van der Waals surface area contributed by atoms with E-state index < -0.39 is 0 Å². The zero-order valence-electron chi connectivity index (χ0n) is 9.97. The maximum absolute atomic E-state index is 9.25. The first kappa shape index (κ1) is 12.5. The number of aliphatic hydroxyl groups excluding tert-OH is 1. The Morgan fingerprint density at radius 1 is 1.40 bits per heavy atom. The van der Waals surface area contributed by atoms with Crippen LogP contribution in [0.1, 0.15) is 45.4 Å². The monoisotopic (exact) mass is 208 g/mol. The highest BCUT2D eigenvalue weighted by atomic mass is 16.3. The Labute approximate surface area is 93.9 Å². The largest absolute Gasteiger partial charge is 0.396 e. The van der Waals surface area contributed by atoms with Crippen LogP contribution in [0.5, 0.6) is 0 Å². The molecule has 2 atom stereocenters. The van der Waals surface area contributed by atoms with E-state index in [0.717, 1.165) is 6.42 Å². The van der Waals surface area contributed by atoms with Crippen molar-refractivity contribution in [1.29, 1.82) is 0 Å². The Bertz CT molecular complexity index is 231. The predicted octanol–water partition coefficient (Wildman–Crippen LogP) is 3.70. The normalized spacial score (nSPS) is 29.2. The van der Waals surface area contributed by atoms with Crippen LogP contribution in [0.2, 0.25) is 0 Å². The number of allylic oxidation sites excluding steroid dienone is 1. The molecule has 1 rings (SSSR count). The lowest BCUT2D eigenvalue weighted by atomic mass is 9.91. The van der Waals surface area contributed by atoms with Crippen molar-refractivity contribution < 1.29 is 5.11 Å². The summed E-state index contributed by atoms with van der Waals surface area (Å²) in [5, 5.41) is 9.25. The molecule has 1 aliphatic rings. The van der Waals surface area contributed by atoms with Crippen LogP contribution in [-0.2, 0) is 0 Å². The van der Waals surface area contributed by atoms with Gasteiger partial charge in [0.1, 0.15) is 0 Å². The second kappa shape index (κ2) is 5.50. The lowest BCUT2D eigenvalue weighted by Crippen LogP contribution is -2.05. The van der Waals surface area contributed by atoms with E-state index in [0.29, 0.717) is 5.92 Å². The van der Waals surface area contributed by atoms with Crippen molar-refractivity contribution in [2.45, 2.75) is 45.4 Å². The average molecular weight is 208 g/mol. The molecule has 0 aromatic carbocycles. The van der Waals surface area contributed by atoms with Gasteiger partial charge in [-0.2, -0.15) is 0 Å². The number of hydrogen-bond acceptors (Lipinski definition) is 1. The molecule has 0 aromatic rings. The summed E-state index contributed by atoms with van der Waals surface area (Å²) in [5.74, 6) is 0.345. The Morgan fingerprint density at radius 2 is 2.13 bits per heavy atom. The minimum absolute atomic E-state index is 0.213. The average Bonchev–Trinajstić information content (AvgIpc) is 2.79. The fourth-order valence-corrected chi connectivity index (χ4v) is 2.69. The Morgan fingerprint density at radius 3 is 2.60 bits per heavy atom. The lowest BCUT2D eigenvalue weighted by Gasteiger charge is -2.13. The lowest BCUT2D eigenvalue weighted by molar-refractivity contribution is 0.242. The molecule has 0 bridgehead atoms. The molecule has 0 radical (unpaired) electrons. The van der Waals surface area contributed by atoms with Gasteiger partial charge in [0, 0.05) is 11.3 Å². The zero-order valence-corrected chi connectivity index (χ0v) is 9.97. The van der Waals surface area contributed by atoms with Crippen molar-refractivity contribution in [2.75, 3.05) is 6.61 Å². The first-order valence-corrected chi connectivity index (χ1v) is 6.14. The molecule has 1 nitrogen and oxygen atoms in total. The highest BCUT2D eigenvalue weighted by Gasteiger charge is 2.55. The second-order valence-corrected chi connectivity index (χ2v) is 4.72. The van der Waals surface area contributed by atoms with Crippen LogP contribution in [0, 0.1) is 11.3 Å². The highest BCUT2D eigenvalue weighted by molar-refractivity contribution is 5.36. The van der Waals surface area contributed by atoms with Crippen LogP contribution in [0.4, 0.5) is 0 Å². The number of rotatable bonds is 8. The van der Waals surface area contributed by atoms with E-state index in [2.05, 4.69) is 20.1 Å². The van der Waals surface area contributed by atoms with Gasteiger partial charge in [-0.15, -0.1) is 6.58 Å². The van der Waals surface area contributed by atoms with Gasteiger partial charge in [0.25, 0.3) is 0 Å². The molecule has 0 spiro atoms. The van der Waals surface area contributed by atoms with Gasteiger partial charge < -0.3 is 5.11 Å². The number of hydrogen-bond donors (Lipinski definition) is 1. The summed E-state index contributed by atoms with van der Waals surface area (Å²) < 4.78 is 0. The van der Waals surface area contributed by atoms with Crippen LogP contribution in [-0.4, -0.2) is 11.7 Å². The third kappa shape index (κ3) is 2.52. The Hall–Kier alpha value is -0.560. The molecule has 1 N–H and O–H groups in total. The highest BCUT2D eigenvalue weighted by Crippen LogP contribution is 2.62. The molecule has 0 unspecified atom stereocenters. The number of aliphatic hydroxyl groups is 1. The van der Waals surface area contributed by atoms with E-state index in [1.807, 2.05) is 6.08 Å². The van der Waals surface area contributed by atoms with Gasteiger partial charge in [-0.3, -0.25) is 0 Å². The molecular formula is C14H24O. The van der Waals surface area contributed by atoms with E-state index >= 15 is 0 Å². The Balaban J connectivity index is 2.39. The first-order chi connectivity index (χ1) is 7.22. The second-order valence-electron chi connectivity index (χ2n) is 4.72. The van der Waals surface area contributed by atoms with Crippen molar-refractivity contribution in [1.82, 2.24) is 0 Å². The standard InChI is InChI=1S/C14H24O/c1-4-6-7-8-10-14(9-5-2)12(3)13(14)11-15/h5,13,15H,2-4,6-11H2,1H3/t13-,14-/m0/s1. The fraction of sp³-hybridized carbons (Fsp3) is 0.714. The first-order valence-electron chi connectivity index (χ1n) is 6.14. The minimum Gasteiger partial charge on any atom is -0.396 e. The summed E-state index contributed by atoms with van der Waals surface area (Å²) in [4.78, 5) is 0. The van der Waals surface area contributed by atoms with Crippen LogP contribution < -0.4 is 0 Å². The van der Waals surface area contributed by atoms with Gasteiger partial charge in [-0.05, 0) is 12.8 Å². The van der Waals surface area contributed by atoms with Gasteiger partial charge in [0.15, 0.2) is 0 Å². The Kier molecular flexibility index (Phi) is 4.59. The molecule has 1 aliphatic carbocycles. The molecule has 0 heterocycles. The van der Waals surface area contributed by atoms with E-state index in [4.69, 9.17) is 0 Å². The third-order valence-corrected chi connectivity index (χ3v) is 3.81. The van der Waals surface area contributed by atoms with Crippen molar-refractivity contribution in [3.05, 3.63) is 24.8 Å². The molecule has 0 amide bonds. The van der Waals surface area contributed by atoms with E-state index in [9.17, 15) is 5.11 Å². The summed E-state index contributed by atoms with van der Waals surface area (Å²) in [7, 11) is 0. The predicted molar refractivity (Wildman–Crippen MR) is 65.7 cm³/mol. The van der Waals surface area contributed by atoms with E-state index in [1.54, 1.807) is 0 Å². The summed E-state index contributed by atoms with van der Waals surface area (Å²) in [6, 6.07) is 0. The molecule has 1 heteroatoms. The molecule has 1 saturated carbocycles. The van der Waals surface area contributed by atoms with Gasteiger partial charge in [0.05, 0.1) is 6.61 Å². The van der Waals surface area contributed by atoms with Crippen molar-refractivity contribution >= 4 is 0 Å². The summed E-state index contributed by atoms with van der Waals surface area (Å²) >= 11 is 0. The van der Waals surface area contributed by atoms with E-state index in [-0.39, 0.29) is 12.0 Å². The van der Waals surface area contributed by atoms with Gasteiger partial charge >= 0.3 is 0 Å². The maximum atomic E-state index is 9.25. The molecule has 1 fully saturated rings. The molecule has 0 aliphatic heterocycles. The molecule has 0 aromatic heterocycles. The molecule has 15 heavy (non-hydrogen) atoms. The van der Waals surface area contributed by atoms with Crippen molar-refractivity contribution in [2.24, 2.45) is 11.3 Å². The fourth-order valence-electron chi connectivity index (χ4n) is 2.69. The third-order valence-electron chi connectivity index (χ3n) is 3.81. The van der Waals surface area contributed by atoms with Gasteiger partial charge in [-0.1, -0.05) is 50.8 Å². The molecular weight excluding hydrogens is 184 g/mol. The number of unbranched alkanes of at least 4 members (excludes halogenated alkanes) is 3. The summed E-state index contributed by atoms with van der Waals surface area (Å²) in [5.41, 5.74) is 1.46. The van der Waals surface area contributed by atoms with Crippen molar-refractivity contribution in [3.63, 3.8) is 0 Å². The van der Waals surface area contributed by atoms with Crippen molar-refractivity contribution in [3.8, 4) is 0 Å².